The highest BCUT2D eigenvalue weighted by molar-refractivity contribution is 9.10. The minimum absolute atomic E-state index is 0.00786. The number of unbranched alkanes of at least 4 members (excludes halogenated alkanes) is 1. The Morgan fingerprint density at radius 2 is 2.25 bits per heavy atom. The van der Waals surface area contributed by atoms with E-state index in [1.165, 1.54) is 0 Å². The van der Waals surface area contributed by atoms with Crippen molar-refractivity contribution in [2.75, 3.05) is 0 Å². The van der Waals surface area contributed by atoms with Crippen molar-refractivity contribution in [3.05, 3.63) is 28.4 Å². The lowest BCUT2D eigenvalue weighted by Crippen LogP contribution is -2.00. The summed E-state index contributed by atoms with van der Waals surface area (Å²) in [4.78, 5) is 0. The van der Waals surface area contributed by atoms with E-state index in [9.17, 15) is 5.11 Å². The van der Waals surface area contributed by atoms with Crippen LogP contribution in [0.25, 0.3) is 10.9 Å². The van der Waals surface area contributed by atoms with E-state index in [4.69, 9.17) is 0 Å². The lowest BCUT2D eigenvalue weighted by atomic mass is 10.2. The fraction of sp³-hybridized carbons (Fsp3) is 0.417. The second-order valence-electron chi connectivity index (χ2n) is 3.84. The maximum atomic E-state index is 9.27. The molecule has 1 aromatic carbocycles. The van der Waals surface area contributed by atoms with Gasteiger partial charge in [0.2, 0.25) is 0 Å². The molecule has 1 aromatic heterocycles. The van der Waals surface area contributed by atoms with Gasteiger partial charge in [-0.15, -0.1) is 0 Å². The van der Waals surface area contributed by atoms with E-state index in [2.05, 4.69) is 28.0 Å². The van der Waals surface area contributed by atoms with Gasteiger partial charge in [0.15, 0.2) is 0 Å². The number of rotatable bonds is 4. The van der Waals surface area contributed by atoms with Crippen LogP contribution >= 0.6 is 15.9 Å². The van der Waals surface area contributed by atoms with E-state index < -0.39 is 0 Å². The van der Waals surface area contributed by atoms with E-state index >= 15 is 0 Å². The van der Waals surface area contributed by atoms with E-state index in [1.54, 1.807) is 0 Å². The third-order valence-electron chi connectivity index (χ3n) is 2.66. The minimum Gasteiger partial charge on any atom is -0.390 e. The van der Waals surface area contributed by atoms with Crippen molar-refractivity contribution in [1.29, 1.82) is 0 Å². The maximum Gasteiger partial charge on any atom is 0.0957 e. The zero-order valence-corrected chi connectivity index (χ0v) is 10.9. The van der Waals surface area contributed by atoms with Gasteiger partial charge in [-0.25, -0.2) is 0 Å². The first kappa shape index (κ1) is 11.6. The molecule has 4 heteroatoms. The van der Waals surface area contributed by atoms with Crippen molar-refractivity contribution in [3.63, 3.8) is 0 Å². The molecule has 1 heterocycles. The molecule has 0 aliphatic carbocycles. The smallest absolute Gasteiger partial charge is 0.0957 e. The monoisotopic (exact) mass is 282 g/mol. The van der Waals surface area contributed by atoms with Gasteiger partial charge in [-0.3, -0.25) is 4.68 Å². The predicted octanol–water partition coefficient (Wildman–Crippen LogP) is 3.09. The average Bonchev–Trinajstić information content (AvgIpc) is 2.63. The molecule has 3 nitrogen and oxygen atoms in total. The van der Waals surface area contributed by atoms with Gasteiger partial charge in [-0.2, -0.15) is 5.10 Å². The number of aromatic nitrogens is 2. The molecule has 0 spiro atoms. The molecule has 0 atom stereocenters. The highest BCUT2D eigenvalue weighted by Gasteiger charge is 2.09. The zero-order valence-electron chi connectivity index (χ0n) is 9.28. The highest BCUT2D eigenvalue weighted by atomic mass is 79.9. The average molecular weight is 283 g/mol. The van der Waals surface area contributed by atoms with Crippen molar-refractivity contribution < 1.29 is 5.11 Å². The number of aryl methyl sites for hydroxylation is 1. The molecule has 0 amide bonds. The molecule has 0 aliphatic rings. The van der Waals surface area contributed by atoms with Crippen molar-refractivity contribution in [1.82, 2.24) is 9.78 Å². The molecule has 2 aromatic rings. The quantitative estimate of drug-likeness (QED) is 0.936. The Kier molecular flexibility index (Phi) is 3.61. The highest BCUT2D eigenvalue weighted by Crippen LogP contribution is 2.23. The van der Waals surface area contributed by atoms with Crippen LogP contribution in [0, 0.1) is 0 Å². The van der Waals surface area contributed by atoms with E-state index in [0.717, 1.165) is 40.5 Å². The van der Waals surface area contributed by atoms with Crippen LogP contribution in [0.5, 0.6) is 0 Å². The Morgan fingerprint density at radius 1 is 1.44 bits per heavy atom. The largest absolute Gasteiger partial charge is 0.390 e. The first-order chi connectivity index (χ1) is 7.76. The van der Waals surface area contributed by atoms with Gasteiger partial charge < -0.3 is 5.11 Å². The van der Waals surface area contributed by atoms with Crippen LogP contribution in [-0.2, 0) is 13.2 Å². The molecule has 86 valence electrons. The molecule has 0 saturated heterocycles. The summed E-state index contributed by atoms with van der Waals surface area (Å²) >= 11 is 3.44. The number of hydrogen-bond acceptors (Lipinski definition) is 2. The van der Waals surface area contributed by atoms with Crippen molar-refractivity contribution in [3.8, 4) is 0 Å². The van der Waals surface area contributed by atoms with Gasteiger partial charge >= 0.3 is 0 Å². The molecule has 0 radical (unpaired) electrons. The van der Waals surface area contributed by atoms with E-state index in [0.29, 0.717) is 0 Å². The van der Waals surface area contributed by atoms with Gasteiger partial charge in [0.1, 0.15) is 0 Å². The van der Waals surface area contributed by atoms with Crippen molar-refractivity contribution in [2.24, 2.45) is 0 Å². The molecule has 2 rings (SSSR count). The second kappa shape index (κ2) is 4.97. The number of nitrogens with zero attached hydrogens (tertiary/aromatic N) is 2. The van der Waals surface area contributed by atoms with Crippen LogP contribution in [0.4, 0.5) is 0 Å². The van der Waals surface area contributed by atoms with Crippen LogP contribution in [0.15, 0.2) is 22.7 Å². The third-order valence-corrected chi connectivity index (χ3v) is 3.16. The van der Waals surface area contributed by atoms with Crippen molar-refractivity contribution in [2.45, 2.75) is 32.9 Å². The summed E-state index contributed by atoms with van der Waals surface area (Å²) in [5.74, 6) is 0. The minimum atomic E-state index is -0.00786. The lowest BCUT2D eigenvalue weighted by molar-refractivity contribution is 0.276. The van der Waals surface area contributed by atoms with Crippen LogP contribution < -0.4 is 0 Å². The summed E-state index contributed by atoms with van der Waals surface area (Å²) < 4.78 is 3.00. The van der Waals surface area contributed by atoms with Gasteiger partial charge in [-0.1, -0.05) is 29.3 Å². The fourth-order valence-corrected chi connectivity index (χ4v) is 2.17. The normalized spacial score (nSPS) is 11.2. The van der Waals surface area contributed by atoms with E-state index in [-0.39, 0.29) is 6.61 Å². The molecular formula is C12H15BrN2O. The lowest BCUT2D eigenvalue weighted by Gasteiger charge is -2.01. The number of fused-ring (bicyclic) bond motifs is 1. The Morgan fingerprint density at radius 3 is 2.94 bits per heavy atom. The maximum absolute atomic E-state index is 9.27. The van der Waals surface area contributed by atoms with Crippen LogP contribution in [0.1, 0.15) is 25.5 Å². The molecular weight excluding hydrogens is 268 g/mol. The molecule has 0 unspecified atom stereocenters. The molecule has 1 N–H and O–H groups in total. The third kappa shape index (κ3) is 2.13. The Balaban J connectivity index is 2.50. The standard InChI is InChI=1S/C12H15BrN2O/c1-2-3-6-15-12-5-4-9(13)7-10(12)11(8-16)14-15/h4-5,7,16H,2-3,6,8H2,1H3. The van der Waals surface area contributed by atoms with Gasteiger partial charge in [-0.05, 0) is 24.6 Å². The molecule has 0 bridgehead atoms. The number of halogens is 1. The summed E-state index contributed by atoms with van der Waals surface area (Å²) in [7, 11) is 0. The Bertz CT molecular complexity index is 493. The summed E-state index contributed by atoms with van der Waals surface area (Å²) in [6, 6.07) is 6.06. The van der Waals surface area contributed by atoms with Gasteiger partial charge in [0.25, 0.3) is 0 Å². The zero-order chi connectivity index (χ0) is 11.5. The fourth-order valence-electron chi connectivity index (χ4n) is 1.81. The summed E-state index contributed by atoms with van der Waals surface area (Å²) in [6.45, 7) is 3.07. The van der Waals surface area contributed by atoms with Crippen LogP contribution in [0.2, 0.25) is 0 Å². The number of aliphatic hydroxyl groups excluding tert-OH is 1. The first-order valence-corrected chi connectivity index (χ1v) is 6.31. The first-order valence-electron chi connectivity index (χ1n) is 5.52. The summed E-state index contributed by atoms with van der Waals surface area (Å²) in [5, 5.41) is 14.7. The molecule has 16 heavy (non-hydrogen) atoms. The van der Waals surface area contributed by atoms with Crippen LogP contribution in [-0.4, -0.2) is 14.9 Å². The van der Waals surface area contributed by atoms with Gasteiger partial charge in [0.05, 0.1) is 17.8 Å². The molecule has 0 saturated carbocycles. The Labute approximate surface area is 103 Å². The number of aliphatic hydroxyl groups is 1. The molecule has 0 aliphatic heterocycles. The topological polar surface area (TPSA) is 38.0 Å². The number of hydrogen-bond donors (Lipinski definition) is 1. The predicted molar refractivity (Wildman–Crippen MR) is 68.3 cm³/mol. The molecule has 0 fully saturated rings. The van der Waals surface area contributed by atoms with Crippen molar-refractivity contribution >= 4 is 26.8 Å². The SMILES string of the molecule is CCCCn1nc(CO)c2cc(Br)ccc21. The van der Waals surface area contributed by atoms with Crippen LogP contribution in [0.3, 0.4) is 0 Å². The second-order valence-corrected chi connectivity index (χ2v) is 4.76. The summed E-state index contributed by atoms with van der Waals surface area (Å²) in [6.07, 6.45) is 2.25. The van der Waals surface area contributed by atoms with E-state index in [1.807, 2.05) is 22.9 Å². The van der Waals surface area contributed by atoms with Gasteiger partial charge in [0, 0.05) is 16.4 Å². The Hall–Kier alpha value is -0.870. The number of benzene rings is 1. The summed E-state index contributed by atoms with van der Waals surface area (Å²) in [5.41, 5.74) is 1.85.